The second kappa shape index (κ2) is 7.44. The second-order valence-electron chi connectivity index (χ2n) is 4.99. The van der Waals surface area contributed by atoms with Gasteiger partial charge in [-0.1, -0.05) is 35.9 Å². The molecule has 0 unspecified atom stereocenters. The summed E-state index contributed by atoms with van der Waals surface area (Å²) < 4.78 is 38.9. The summed E-state index contributed by atoms with van der Waals surface area (Å²) in [5.74, 6) is 0.616. The maximum absolute atomic E-state index is 11.2. The average Bonchev–Trinajstić information content (AvgIpc) is 2.53. The zero-order valence-electron chi connectivity index (χ0n) is 13.1. The predicted octanol–water partition coefficient (Wildman–Crippen LogP) is 1.08. The van der Waals surface area contributed by atoms with E-state index in [0.29, 0.717) is 16.2 Å². The summed E-state index contributed by atoms with van der Waals surface area (Å²) in [5.41, 5.74) is 1.70. The maximum Gasteiger partial charge on any atom is 1.00 e. The Hall–Kier alpha value is -1.08. The van der Waals surface area contributed by atoms with Crippen LogP contribution in [-0.2, 0) is 10.1 Å². The first-order chi connectivity index (χ1) is 10.9. The zero-order chi connectivity index (χ0) is 16.6. The van der Waals surface area contributed by atoms with E-state index in [4.69, 9.17) is 16.3 Å². The molecule has 0 aromatic heterocycles. The fourth-order valence-corrected chi connectivity index (χ4v) is 3.21. The van der Waals surface area contributed by atoms with Gasteiger partial charge in [-0.15, -0.1) is 0 Å². The Balaban J connectivity index is 0.00000208. The minimum atomic E-state index is -4.48. The molecule has 0 aliphatic heterocycles. The van der Waals surface area contributed by atoms with Crippen molar-refractivity contribution >= 4 is 32.5 Å². The molecule has 7 heteroatoms. The SMILES string of the molecule is COc1cc(Cl)ccc1-c1cccc2cc(S(=O)(=O)[O-])ccc12.[Na+]. The quantitative estimate of drug-likeness (QED) is 0.511. The predicted molar refractivity (Wildman–Crippen MR) is 88.9 cm³/mol. The van der Waals surface area contributed by atoms with Crippen LogP contribution in [0.2, 0.25) is 5.02 Å². The third kappa shape index (κ3) is 3.77. The monoisotopic (exact) mass is 370 g/mol. The van der Waals surface area contributed by atoms with Gasteiger partial charge in [0.25, 0.3) is 0 Å². The van der Waals surface area contributed by atoms with Crippen molar-refractivity contribution in [3.63, 3.8) is 0 Å². The van der Waals surface area contributed by atoms with Crippen molar-refractivity contribution in [2.45, 2.75) is 4.90 Å². The maximum atomic E-state index is 11.2. The van der Waals surface area contributed by atoms with Gasteiger partial charge in [0.1, 0.15) is 15.9 Å². The first-order valence-electron chi connectivity index (χ1n) is 6.73. The molecule has 3 aromatic carbocycles. The van der Waals surface area contributed by atoms with Crippen molar-refractivity contribution in [3.8, 4) is 16.9 Å². The molecule has 0 spiro atoms. The Kier molecular flexibility index (Phi) is 5.96. The summed E-state index contributed by atoms with van der Waals surface area (Å²) in [5, 5.41) is 2.04. The largest absolute Gasteiger partial charge is 1.00 e. The van der Waals surface area contributed by atoms with Crippen molar-refractivity contribution in [1.29, 1.82) is 0 Å². The van der Waals surface area contributed by atoms with Crippen LogP contribution < -0.4 is 34.3 Å². The van der Waals surface area contributed by atoms with Gasteiger partial charge in [-0.25, -0.2) is 8.42 Å². The molecule has 0 heterocycles. The van der Waals surface area contributed by atoms with Crippen LogP contribution in [-0.4, -0.2) is 20.1 Å². The molecule has 24 heavy (non-hydrogen) atoms. The van der Waals surface area contributed by atoms with E-state index in [1.54, 1.807) is 37.4 Å². The van der Waals surface area contributed by atoms with Crippen molar-refractivity contribution in [1.82, 2.24) is 0 Å². The minimum Gasteiger partial charge on any atom is -0.744 e. The van der Waals surface area contributed by atoms with Crippen LogP contribution >= 0.6 is 11.6 Å². The molecule has 3 rings (SSSR count). The van der Waals surface area contributed by atoms with E-state index in [1.807, 2.05) is 12.1 Å². The van der Waals surface area contributed by atoms with Crippen LogP contribution in [0.25, 0.3) is 21.9 Å². The Morgan fingerprint density at radius 2 is 1.75 bits per heavy atom. The zero-order valence-corrected chi connectivity index (χ0v) is 16.7. The Morgan fingerprint density at radius 3 is 2.42 bits per heavy atom. The van der Waals surface area contributed by atoms with Crippen LogP contribution in [0.1, 0.15) is 0 Å². The van der Waals surface area contributed by atoms with E-state index in [2.05, 4.69) is 0 Å². The fourth-order valence-electron chi connectivity index (χ4n) is 2.54. The van der Waals surface area contributed by atoms with E-state index in [-0.39, 0.29) is 34.5 Å². The number of halogens is 1. The van der Waals surface area contributed by atoms with Gasteiger partial charge in [0, 0.05) is 10.6 Å². The summed E-state index contributed by atoms with van der Waals surface area (Å²) >= 11 is 5.99. The number of fused-ring (bicyclic) bond motifs is 1. The third-order valence-electron chi connectivity index (χ3n) is 3.59. The Labute approximate surface area is 167 Å². The van der Waals surface area contributed by atoms with E-state index in [0.717, 1.165) is 16.5 Å². The summed E-state index contributed by atoms with van der Waals surface area (Å²) in [6.07, 6.45) is 0. The Bertz CT molecular complexity index is 1000. The standard InChI is InChI=1S/C17H13ClO4S.Na/c1-22-17-10-12(18)5-7-16(17)15-4-2-3-11-9-13(23(19,20)21)6-8-14(11)15;/h2-10H,1H3,(H,19,20,21);/q;+1/p-1. The number of ether oxygens (including phenoxy) is 1. The van der Waals surface area contributed by atoms with Crippen LogP contribution in [0, 0.1) is 0 Å². The van der Waals surface area contributed by atoms with Crippen molar-refractivity contribution in [2.75, 3.05) is 7.11 Å². The third-order valence-corrected chi connectivity index (χ3v) is 4.66. The molecular weight excluding hydrogens is 359 g/mol. The topological polar surface area (TPSA) is 66.4 Å². The van der Waals surface area contributed by atoms with Crippen LogP contribution in [0.15, 0.2) is 59.5 Å². The van der Waals surface area contributed by atoms with Gasteiger partial charge in [-0.2, -0.15) is 0 Å². The molecule has 0 atom stereocenters. The Morgan fingerprint density at radius 1 is 1.00 bits per heavy atom. The number of benzene rings is 3. The van der Waals surface area contributed by atoms with Crippen LogP contribution in [0.4, 0.5) is 0 Å². The van der Waals surface area contributed by atoms with Gasteiger partial charge in [0.05, 0.1) is 12.0 Å². The molecule has 0 N–H and O–H groups in total. The molecule has 118 valence electrons. The van der Waals surface area contributed by atoms with Gasteiger partial charge >= 0.3 is 29.6 Å². The van der Waals surface area contributed by atoms with Crippen molar-refractivity contribution < 1.29 is 47.3 Å². The molecule has 3 aromatic rings. The summed E-state index contributed by atoms with van der Waals surface area (Å²) in [6, 6.07) is 15.1. The van der Waals surface area contributed by atoms with E-state index < -0.39 is 10.1 Å². The van der Waals surface area contributed by atoms with E-state index >= 15 is 0 Å². The molecule has 0 saturated heterocycles. The van der Waals surface area contributed by atoms with Gasteiger partial charge < -0.3 is 9.29 Å². The summed E-state index contributed by atoms with van der Waals surface area (Å²) in [7, 11) is -2.92. The smallest absolute Gasteiger partial charge is 0.744 e. The molecule has 0 aliphatic carbocycles. The first-order valence-corrected chi connectivity index (χ1v) is 8.51. The molecule has 0 radical (unpaired) electrons. The molecule has 0 amide bonds. The van der Waals surface area contributed by atoms with Gasteiger partial charge in [0.15, 0.2) is 0 Å². The number of hydrogen-bond acceptors (Lipinski definition) is 4. The van der Waals surface area contributed by atoms with Crippen molar-refractivity contribution in [3.05, 3.63) is 59.6 Å². The number of methoxy groups -OCH3 is 1. The minimum absolute atomic E-state index is 0. The molecule has 0 fully saturated rings. The van der Waals surface area contributed by atoms with Gasteiger partial charge in [-0.3, -0.25) is 0 Å². The molecule has 4 nitrogen and oxygen atoms in total. The van der Waals surface area contributed by atoms with Gasteiger partial charge in [-0.05, 0) is 46.7 Å². The molecule has 0 saturated carbocycles. The van der Waals surface area contributed by atoms with Crippen LogP contribution in [0.3, 0.4) is 0 Å². The van der Waals surface area contributed by atoms with E-state index in [1.165, 1.54) is 12.1 Å². The molecular formula is C17H12ClNaO4S. The molecule has 0 aliphatic rings. The number of hydrogen-bond donors (Lipinski definition) is 0. The molecule has 0 bridgehead atoms. The van der Waals surface area contributed by atoms with E-state index in [9.17, 15) is 13.0 Å². The number of rotatable bonds is 3. The summed E-state index contributed by atoms with van der Waals surface area (Å²) in [6.45, 7) is 0. The normalized spacial score (nSPS) is 11.1. The van der Waals surface area contributed by atoms with Crippen LogP contribution in [0.5, 0.6) is 5.75 Å². The van der Waals surface area contributed by atoms with Crippen molar-refractivity contribution in [2.24, 2.45) is 0 Å². The summed E-state index contributed by atoms with van der Waals surface area (Å²) in [4.78, 5) is -0.245. The van der Waals surface area contributed by atoms with Gasteiger partial charge in [0.2, 0.25) is 0 Å². The average molecular weight is 371 g/mol. The second-order valence-corrected chi connectivity index (χ2v) is 6.80. The fraction of sp³-hybridized carbons (Fsp3) is 0.0588. The first kappa shape index (κ1) is 19.2.